The molecule has 4 aromatic rings. The fourth-order valence-corrected chi connectivity index (χ4v) is 4.03. The lowest BCUT2D eigenvalue weighted by atomic mass is 10.2. The van der Waals surface area contributed by atoms with E-state index in [-0.39, 0.29) is 5.91 Å². The van der Waals surface area contributed by atoms with E-state index in [0.29, 0.717) is 36.9 Å². The second-order valence-corrected chi connectivity index (χ2v) is 7.40. The number of carbonyl (C=O) groups is 1. The number of imidazole rings is 1. The standard InChI is InChI=1S/C16H12Cl2N6OS/c1-19-13-10-12(24(2)6-20-10)11-15(22-13)26-16(21-11)23-14(25)7-3-8(17)5-9(18)4-7/h3-6H,1-2H3,(H,19,22)(H,21,23,25). The summed E-state index contributed by atoms with van der Waals surface area (Å²) < 4.78 is 1.88. The first-order valence-electron chi connectivity index (χ1n) is 7.53. The van der Waals surface area contributed by atoms with Gasteiger partial charge in [0.2, 0.25) is 0 Å². The van der Waals surface area contributed by atoms with Crippen molar-refractivity contribution in [2.75, 3.05) is 17.7 Å². The van der Waals surface area contributed by atoms with E-state index in [9.17, 15) is 4.79 Å². The van der Waals surface area contributed by atoms with Gasteiger partial charge in [-0.1, -0.05) is 34.5 Å². The molecule has 0 aliphatic carbocycles. The number of fused-ring (bicyclic) bond motifs is 3. The molecule has 3 heterocycles. The van der Waals surface area contributed by atoms with Crippen molar-refractivity contribution in [2.45, 2.75) is 0 Å². The third kappa shape index (κ3) is 2.86. The van der Waals surface area contributed by atoms with Gasteiger partial charge in [0.15, 0.2) is 10.9 Å². The Hall–Kier alpha value is -2.42. The van der Waals surface area contributed by atoms with Crippen molar-refractivity contribution in [3.05, 3.63) is 40.1 Å². The molecule has 4 rings (SSSR count). The van der Waals surface area contributed by atoms with E-state index in [1.165, 1.54) is 11.3 Å². The summed E-state index contributed by atoms with van der Waals surface area (Å²) in [7, 11) is 3.68. The third-order valence-corrected chi connectivity index (χ3v) is 5.09. The van der Waals surface area contributed by atoms with Gasteiger partial charge in [0, 0.05) is 29.7 Å². The largest absolute Gasteiger partial charge is 0.371 e. The molecule has 26 heavy (non-hydrogen) atoms. The zero-order chi connectivity index (χ0) is 18.4. The van der Waals surface area contributed by atoms with Crippen molar-refractivity contribution in [3.8, 4) is 0 Å². The number of hydrogen-bond donors (Lipinski definition) is 2. The molecule has 0 fully saturated rings. The summed E-state index contributed by atoms with van der Waals surface area (Å²) in [5, 5.41) is 7.04. The Kier molecular flexibility index (Phi) is 4.18. The van der Waals surface area contributed by atoms with Crippen LogP contribution in [0.15, 0.2) is 24.5 Å². The maximum atomic E-state index is 12.5. The van der Waals surface area contributed by atoms with E-state index < -0.39 is 0 Å². The van der Waals surface area contributed by atoms with E-state index in [0.717, 1.165) is 11.0 Å². The minimum Gasteiger partial charge on any atom is -0.371 e. The topological polar surface area (TPSA) is 84.7 Å². The summed E-state index contributed by atoms with van der Waals surface area (Å²) in [5.74, 6) is 0.319. The van der Waals surface area contributed by atoms with Gasteiger partial charge in [-0.05, 0) is 18.2 Å². The predicted octanol–water partition coefficient (Wildman–Crippen LogP) is 4.18. The van der Waals surface area contributed by atoms with Crippen molar-refractivity contribution in [1.29, 1.82) is 0 Å². The van der Waals surface area contributed by atoms with E-state index >= 15 is 0 Å². The van der Waals surface area contributed by atoms with Crippen LogP contribution in [0.5, 0.6) is 0 Å². The number of nitrogens with zero attached hydrogens (tertiary/aromatic N) is 4. The maximum absolute atomic E-state index is 12.5. The molecule has 3 aromatic heterocycles. The molecule has 7 nitrogen and oxygen atoms in total. The number of pyridine rings is 1. The molecule has 0 atom stereocenters. The van der Waals surface area contributed by atoms with Gasteiger partial charge >= 0.3 is 0 Å². The van der Waals surface area contributed by atoms with Gasteiger partial charge in [0.25, 0.3) is 5.91 Å². The number of nitrogens with one attached hydrogen (secondary N) is 2. The molecule has 1 aromatic carbocycles. The van der Waals surface area contributed by atoms with Crippen molar-refractivity contribution in [1.82, 2.24) is 19.5 Å². The van der Waals surface area contributed by atoms with Gasteiger partial charge in [0.1, 0.15) is 21.4 Å². The molecular formula is C16H12Cl2N6OS. The van der Waals surface area contributed by atoms with Crippen LogP contribution in [0.1, 0.15) is 10.4 Å². The van der Waals surface area contributed by atoms with Gasteiger partial charge in [-0.3, -0.25) is 10.1 Å². The zero-order valence-corrected chi connectivity index (χ0v) is 16.0. The van der Waals surface area contributed by atoms with E-state index in [1.807, 2.05) is 11.6 Å². The monoisotopic (exact) mass is 406 g/mol. The zero-order valence-electron chi connectivity index (χ0n) is 13.7. The number of halogens is 2. The summed E-state index contributed by atoms with van der Waals surface area (Å²) in [6.45, 7) is 0. The first kappa shape index (κ1) is 17.0. The van der Waals surface area contributed by atoms with Gasteiger partial charge in [-0.2, -0.15) is 0 Å². The molecule has 0 saturated heterocycles. The van der Waals surface area contributed by atoms with Crippen molar-refractivity contribution in [2.24, 2.45) is 7.05 Å². The molecule has 132 valence electrons. The molecule has 0 spiro atoms. The number of thiazole rings is 1. The first-order valence-corrected chi connectivity index (χ1v) is 9.10. The van der Waals surface area contributed by atoms with Crippen LogP contribution in [0.25, 0.3) is 21.4 Å². The Morgan fingerprint density at radius 3 is 2.58 bits per heavy atom. The molecule has 10 heteroatoms. The van der Waals surface area contributed by atoms with Crippen LogP contribution in [0.2, 0.25) is 10.0 Å². The number of benzene rings is 1. The SMILES string of the molecule is CNc1nc2sc(NC(=O)c3cc(Cl)cc(Cl)c3)nc2c2c1ncn2C. The average molecular weight is 407 g/mol. The first-order chi connectivity index (χ1) is 12.5. The average Bonchev–Trinajstić information content (AvgIpc) is 3.16. The predicted molar refractivity (Wildman–Crippen MR) is 106 cm³/mol. The van der Waals surface area contributed by atoms with Crippen LogP contribution >= 0.6 is 34.5 Å². The second kappa shape index (κ2) is 6.39. The Balaban J connectivity index is 1.77. The number of aromatic nitrogens is 4. The lowest BCUT2D eigenvalue weighted by molar-refractivity contribution is 0.102. The Morgan fingerprint density at radius 2 is 1.88 bits per heavy atom. The Bertz CT molecular complexity index is 1150. The minimum atomic E-state index is -0.344. The quantitative estimate of drug-likeness (QED) is 0.532. The summed E-state index contributed by atoms with van der Waals surface area (Å²) in [6, 6.07) is 4.67. The number of hydrogen-bond acceptors (Lipinski definition) is 6. The van der Waals surface area contributed by atoms with Crippen molar-refractivity contribution >= 4 is 72.8 Å². The molecule has 0 bridgehead atoms. The molecule has 0 saturated carbocycles. The van der Waals surface area contributed by atoms with Gasteiger partial charge in [-0.25, -0.2) is 15.0 Å². The summed E-state index contributed by atoms with van der Waals surface area (Å²) in [4.78, 5) is 26.6. The molecule has 2 N–H and O–H groups in total. The molecule has 0 aliphatic rings. The van der Waals surface area contributed by atoms with Gasteiger partial charge in [0.05, 0.1) is 6.33 Å². The lowest BCUT2D eigenvalue weighted by Gasteiger charge is -2.03. The van der Waals surface area contributed by atoms with Gasteiger partial charge < -0.3 is 9.88 Å². The number of rotatable bonds is 3. The van der Waals surface area contributed by atoms with E-state index in [1.54, 1.807) is 31.6 Å². The van der Waals surface area contributed by atoms with Crippen LogP contribution in [0, 0.1) is 0 Å². The maximum Gasteiger partial charge on any atom is 0.257 e. The number of aryl methyl sites for hydroxylation is 1. The van der Waals surface area contributed by atoms with Crippen LogP contribution in [-0.4, -0.2) is 32.5 Å². The van der Waals surface area contributed by atoms with E-state index in [4.69, 9.17) is 23.2 Å². The molecule has 1 amide bonds. The fourth-order valence-electron chi connectivity index (χ4n) is 2.66. The normalized spacial score (nSPS) is 11.2. The highest BCUT2D eigenvalue weighted by atomic mass is 35.5. The van der Waals surface area contributed by atoms with Gasteiger partial charge in [-0.15, -0.1) is 0 Å². The highest BCUT2D eigenvalue weighted by Gasteiger charge is 2.18. The minimum absolute atomic E-state index is 0.344. The highest BCUT2D eigenvalue weighted by Crippen LogP contribution is 2.33. The van der Waals surface area contributed by atoms with Crippen LogP contribution in [0.3, 0.4) is 0 Å². The van der Waals surface area contributed by atoms with Crippen LogP contribution < -0.4 is 10.6 Å². The smallest absolute Gasteiger partial charge is 0.257 e. The molecule has 0 unspecified atom stereocenters. The lowest BCUT2D eigenvalue weighted by Crippen LogP contribution is -2.11. The number of anilines is 2. The Morgan fingerprint density at radius 1 is 1.15 bits per heavy atom. The summed E-state index contributed by atoms with van der Waals surface area (Å²) in [6.07, 6.45) is 1.71. The fraction of sp³-hybridized carbons (Fsp3) is 0.125. The molecule has 0 aliphatic heterocycles. The third-order valence-electron chi connectivity index (χ3n) is 3.79. The van der Waals surface area contributed by atoms with Crippen LogP contribution in [0.4, 0.5) is 10.9 Å². The van der Waals surface area contributed by atoms with E-state index in [2.05, 4.69) is 25.6 Å². The second-order valence-electron chi connectivity index (χ2n) is 5.55. The van der Waals surface area contributed by atoms with Crippen LogP contribution in [-0.2, 0) is 7.05 Å². The number of amides is 1. The van der Waals surface area contributed by atoms with Crippen molar-refractivity contribution in [3.63, 3.8) is 0 Å². The summed E-state index contributed by atoms with van der Waals surface area (Å²) in [5.41, 5.74) is 2.62. The summed E-state index contributed by atoms with van der Waals surface area (Å²) >= 11 is 13.2. The number of carbonyl (C=O) groups excluding carboxylic acids is 1. The molecular weight excluding hydrogens is 395 g/mol. The highest BCUT2D eigenvalue weighted by molar-refractivity contribution is 7.22. The molecule has 0 radical (unpaired) electrons. The van der Waals surface area contributed by atoms with Crippen molar-refractivity contribution < 1.29 is 4.79 Å². The Labute approximate surface area is 162 Å².